The molecule has 0 radical (unpaired) electrons. The van der Waals surface area contributed by atoms with Crippen LogP contribution in [0.4, 0.5) is 5.69 Å². The van der Waals surface area contributed by atoms with Gasteiger partial charge in [0.05, 0.1) is 16.6 Å². The summed E-state index contributed by atoms with van der Waals surface area (Å²) in [5.41, 5.74) is 7.85. The molecule has 7 heteroatoms. The molecular formula is C27H36N4OSSi. The lowest BCUT2D eigenvalue weighted by Crippen LogP contribution is -2.43. The van der Waals surface area contributed by atoms with Gasteiger partial charge in [0.25, 0.3) is 5.56 Å². The van der Waals surface area contributed by atoms with Crippen molar-refractivity contribution in [1.29, 1.82) is 0 Å². The van der Waals surface area contributed by atoms with E-state index in [9.17, 15) is 4.79 Å². The Balaban J connectivity index is 2.50. The molecule has 180 valence electrons. The molecule has 1 aromatic carbocycles. The van der Waals surface area contributed by atoms with E-state index in [1.54, 1.807) is 4.57 Å². The third kappa shape index (κ3) is 4.54. The number of aromatic nitrogens is 3. The standard InChI is InChI=1S/C27H36N4OSSi/c1-18(2)34(19(3)4,20(5)6)16-15-22-23-17-28-27(33-9)29-25(23)31(21-13-11-10-12-14-21)26(32)24(22)30(7)8/h10-14,17-20H,1-9H3. The molecule has 0 aliphatic carbocycles. The van der Waals surface area contributed by atoms with Gasteiger partial charge < -0.3 is 4.90 Å². The van der Waals surface area contributed by atoms with E-state index in [-0.39, 0.29) is 5.56 Å². The molecule has 0 fully saturated rings. The Morgan fingerprint density at radius 1 is 1.00 bits per heavy atom. The zero-order valence-electron chi connectivity index (χ0n) is 21.8. The predicted octanol–water partition coefficient (Wildman–Crippen LogP) is 6.14. The molecule has 0 atom stereocenters. The summed E-state index contributed by atoms with van der Waals surface area (Å²) < 4.78 is 1.69. The first-order valence-corrected chi connectivity index (χ1v) is 15.3. The van der Waals surface area contributed by atoms with Crippen LogP contribution >= 0.6 is 11.8 Å². The van der Waals surface area contributed by atoms with E-state index in [0.717, 1.165) is 16.6 Å². The monoisotopic (exact) mass is 492 g/mol. The summed E-state index contributed by atoms with van der Waals surface area (Å²) in [5, 5.41) is 1.43. The van der Waals surface area contributed by atoms with Crippen LogP contribution in [0.2, 0.25) is 16.6 Å². The summed E-state index contributed by atoms with van der Waals surface area (Å²) in [6.07, 6.45) is 3.77. The summed E-state index contributed by atoms with van der Waals surface area (Å²) in [7, 11) is 1.80. The van der Waals surface area contributed by atoms with Crippen molar-refractivity contribution in [3.63, 3.8) is 0 Å². The molecule has 0 N–H and O–H groups in total. The number of para-hydroxylation sites is 1. The summed E-state index contributed by atoms with van der Waals surface area (Å²) in [5.74, 6) is 3.55. The first-order chi connectivity index (χ1) is 16.1. The number of nitrogens with zero attached hydrogens (tertiary/aromatic N) is 4. The predicted molar refractivity (Wildman–Crippen MR) is 149 cm³/mol. The molecule has 0 aliphatic heterocycles. The SMILES string of the molecule is CSc1ncc2c(C#C[Si](C(C)C)(C(C)C)C(C)C)c(N(C)C)c(=O)n(-c3ccccc3)c2n1. The maximum atomic E-state index is 14.0. The number of hydrogen-bond donors (Lipinski definition) is 0. The molecular weight excluding hydrogens is 456 g/mol. The minimum absolute atomic E-state index is 0.121. The highest BCUT2D eigenvalue weighted by Gasteiger charge is 2.41. The van der Waals surface area contributed by atoms with Crippen molar-refractivity contribution in [2.45, 2.75) is 63.3 Å². The number of thioether (sulfide) groups is 1. The molecule has 0 unspecified atom stereocenters. The third-order valence-corrected chi connectivity index (χ3v) is 13.6. The maximum Gasteiger partial charge on any atom is 0.281 e. The van der Waals surface area contributed by atoms with Gasteiger partial charge in [-0.15, -0.1) is 5.54 Å². The van der Waals surface area contributed by atoms with Crippen LogP contribution in [0.3, 0.4) is 0 Å². The van der Waals surface area contributed by atoms with E-state index in [1.807, 2.05) is 61.8 Å². The Morgan fingerprint density at radius 3 is 2.09 bits per heavy atom. The van der Waals surface area contributed by atoms with E-state index in [1.165, 1.54) is 11.8 Å². The summed E-state index contributed by atoms with van der Waals surface area (Å²) in [6, 6.07) is 9.67. The van der Waals surface area contributed by atoms with Crippen LogP contribution in [-0.2, 0) is 0 Å². The lowest BCUT2D eigenvalue weighted by molar-refractivity contribution is 0.838. The zero-order chi connectivity index (χ0) is 25.2. The Hall–Kier alpha value is -2.56. The van der Waals surface area contributed by atoms with Crippen molar-refractivity contribution in [3.05, 3.63) is 52.4 Å². The molecule has 0 spiro atoms. The average molecular weight is 493 g/mol. The van der Waals surface area contributed by atoms with Gasteiger partial charge >= 0.3 is 0 Å². The summed E-state index contributed by atoms with van der Waals surface area (Å²) in [6.45, 7) is 13.8. The minimum atomic E-state index is -2.00. The van der Waals surface area contributed by atoms with E-state index >= 15 is 0 Å². The fourth-order valence-electron chi connectivity index (χ4n) is 5.20. The molecule has 34 heavy (non-hydrogen) atoms. The van der Waals surface area contributed by atoms with Crippen molar-refractivity contribution in [3.8, 4) is 17.2 Å². The van der Waals surface area contributed by atoms with E-state index in [2.05, 4.69) is 58.0 Å². The number of anilines is 1. The van der Waals surface area contributed by atoms with Crippen molar-refractivity contribution < 1.29 is 0 Å². The van der Waals surface area contributed by atoms with Crippen molar-refractivity contribution in [1.82, 2.24) is 14.5 Å². The average Bonchev–Trinajstić information content (AvgIpc) is 2.78. The lowest BCUT2D eigenvalue weighted by Gasteiger charge is -2.38. The fraction of sp³-hybridized carbons (Fsp3) is 0.444. The van der Waals surface area contributed by atoms with Gasteiger partial charge in [-0.2, -0.15) is 0 Å². The van der Waals surface area contributed by atoms with Gasteiger partial charge in [0, 0.05) is 20.3 Å². The summed E-state index contributed by atoms with van der Waals surface area (Å²) in [4.78, 5) is 25.2. The van der Waals surface area contributed by atoms with Crippen LogP contribution < -0.4 is 10.5 Å². The number of hydrogen-bond acceptors (Lipinski definition) is 5. The third-order valence-electron chi connectivity index (χ3n) is 6.78. The van der Waals surface area contributed by atoms with Gasteiger partial charge in [-0.25, -0.2) is 9.97 Å². The minimum Gasteiger partial charge on any atom is -0.372 e. The number of pyridine rings is 1. The van der Waals surface area contributed by atoms with Crippen LogP contribution in [0.15, 0.2) is 46.5 Å². The van der Waals surface area contributed by atoms with Gasteiger partial charge in [-0.05, 0) is 35.0 Å². The fourth-order valence-corrected chi connectivity index (χ4v) is 10.7. The molecule has 0 amide bonds. The van der Waals surface area contributed by atoms with Crippen LogP contribution in [-0.4, -0.2) is 43.0 Å². The van der Waals surface area contributed by atoms with E-state index < -0.39 is 8.07 Å². The van der Waals surface area contributed by atoms with Crippen molar-refractivity contribution in [2.75, 3.05) is 25.3 Å². The largest absolute Gasteiger partial charge is 0.372 e. The van der Waals surface area contributed by atoms with Gasteiger partial charge in [0.2, 0.25) is 0 Å². The molecule has 0 bridgehead atoms. The quantitative estimate of drug-likeness (QED) is 0.179. The van der Waals surface area contributed by atoms with Crippen LogP contribution in [0.1, 0.15) is 47.1 Å². The van der Waals surface area contributed by atoms with Crippen molar-refractivity contribution >= 4 is 36.6 Å². The van der Waals surface area contributed by atoms with Gasteiger partial charge in [0.1, 0.15) is 13.8 Å². The Morgan fingerprint density at radius 2 is 1.59 bits per heavy atom. The Labute approximate surface area is 209 Å². The Kier molecular flexibility index (Phi) is 7.94. The lowest BCUT2D eigenvalue weighted by atomic mass is 10.1. The Bertz CT molecular complexity index is 1270. The first kappa shape index (κ1) is 26.0. The normalized spacial score (nSPS) is 11.9. The van der Waals surface area contributed by atoms with Crippen molar-refractivity contribution in [2.24, 2.45) is 0 Å². The zero-order valence-corrected chi connectivity index (χ0v) is 23.6. The molecule has 0 aliphatic rings. The molecule has 2 aromatic heterocycles. The van der Waals surface area contributed by atoms with E-state index in [0.29, 0.717) is 33.1 Å². The smallest absolute Gasteiger partial charge is 0.281 e. The molecule has 0 saturated carbocycles. The second kappa shape index (κ2) is 10.4. The number of rotatable bonds is 6. The van der Waals surface area contributed by atoms with Gasteiger partial charge in [-0.1, -0.05) is 77.4 Å². The first-order valence-electron chi connectivity index (χ1n) is 11.8. The topological polar surface area (TPSA) is 51.0 Å². The highest BCUT2D eigenvalue weighted by molar-refractivity contribution is 7.98. The van der Waals surface area contributed by atoms with Gasteiger partial charge in [0.15, 0.2) is 10.8 Å². The van der Waals surface area contributed by atoms with Crippen LogP contribution in [0, 0.1) is 11.5 Å². The second-order valence-electron chi connectivity index (χ2n) is 9.84. The van der Waals surface area contributed by atoms with E-state index in [4.69, 9.17) is 4.98 Å². The molecule has 3 rings (SSSR count). The molecule has 2 heterocycles. The van der Waals surface area contributed by atoms with Crippen LogP contribution in [0.25, 0.3) is 16.7 Å². The second-order valence-corrected chi connectivity index (χ2v) is 16.2. The number of benzene rings is 1. The van der Waals surface area contributed by atoms with Gasteiger partial charge in [-0.3, -0.25) is 9.36 Å². The molecule has 3 aromatic rings. The van der Waals surface area contributed by atoms with Crippen LogP contribution in [0.5, 0.6) is 0 Å². The molecule has 0 saturated heterocycles. The molecule has 5 nitrogen and oxygen atoms in total. The highest BCUT2D eigenvalue weighted by Crippen LogP contribution is 2.41. The maximum absolute atomic E-state index is 14.0. The highest BCUT2D eigenvalue weighted by atomic mass is 32.2. The number of fused-ring (bicyclic) bond motifs is 1. The summed E-state index contributed by atoms with van der Waals surface area (Å²) >= 11 is 1.46.